The molecule has 0 aromatic heterocycles. The first kappa shape index (κ1) is 24.3. The smallest absolute Gasteiger partial charge is 0.399 e. The summed E-state index contributed by atoms with van der Waals surface area (Å²) in [6.07, 6.45) is 0. The SMILES string of the molecule is CC(=C(C#N)C#N)c1ccc(N(c2ccccc2)c2ccc(B3OC(C)(C)C(C)(C)O3)cc2)cc1. The Labute approximate surface area is 208 Å². The van der Waals surface area contributed by atoms with E-state index in [1.165, 1.54) is 0 Å². The molecule has 6 heteroatoms. The summed E-state index contributed by atoms with van der Waals surface area (Å²) in [4.78, 5) is 2.16. The van der Waals surface area contributed by atoms with E-state index in [4.69, 9.17) is 9.31 Å². The zero-order valence-corrected chi connectivity index (χ0v) is 20.7. The second-order valence-corrected chi connectivity index (χ2v) is 9.62. The minimum atomic E-state index is -0.414. The summed E-state index contributed by atoms with van der Waals surface area (Å²) in [5.74, 6) is 0. The molecule has 0 atom stereocenters. The Morgan fingerprint density at radius 3 is 1.66 bits per heavy atom. The molecule has 1 saturated heterocycles. The van der Waals surface area contributed by atoms with Gasteiger partial charge in [-0.1, -0.05) is 42.5 Å². The van der Waals surface area contributed by atoms with Crippen LogP contribution in [0.15, 0.2) is 84.4 Å². The zero-order chi connectivity index (χ0) is 25.2. The topological polar surface area (TPSA) is 69.3 Å². The Hall–Kier alpha value is -3.84. The molecule has 1 aliphatic rings. The van der Waals surface area contributed by atoms with Gasteiger partial charge in [-0.15, -0.1) is 0 Å². The molecule has 0 radical (unpaired) electrons. The van der Waals surface area contributed by atoms with Crippen LogP contribution in [0.1, 0.15) is 40.2 Å². The molecule has 1 heterocycles. The number of anilines is 3. The Morgan fingerprint density at radius 2 is 1.17 bits per heavy atom. The molecule has 1 fully saturated rings. The number of nitriles is 2. The van der Waals surface area contributed by atoms with Gasteiger partial charge < -0.3 is 14.2 Å². The Balaban J connectivity index is 1.68. The summed E-state index contributed by atoms with van der Waals surface area (Å²) in [6.45, 7) is 10.00. The highest BCUT2D eigenvalue weighted by Crippen LogP contribution is 2.38. The number of hydrogen-bond donors (Lipinski definition) is 0. The first-order valence-electron chi connectivity index (χ1n) is 11.6. The van der Waals surface area contributed by atoms with Crippen molar-refractivity contribution in [3.63, 3.8) is 0 Å². The van der Waals surface area contributed by atoms with Crippen LogP contribution in [0, 0.1) is 22.7 Å². The second kappa shape index (κ2) is 9.43. The van der Waals surface area contributed by atoms with Gasteiger partial charge >= 0.3 is 7.12 Å². The van der Waals surface area contributed by atoms with Crippen LogP contribution in [-0.4, -0.2) is 18.3 Å². The van der Waals surface area contributed by atoms with Crippen LogP contribution in [0.3, 0.4) is 0 Å². The zero-order valence-electron chi connectivity index (χ0n) is 20.7. The summed E-state index contributed by atoms with van der Waals surface area (Å²) in [6, 6.07) is 30.2. The third-order valence-electron chi connectivity index (χ3n) is 6.85. The van der Waals surface area contributed by atoms with Crippen molar-refractivity contribution in [2.75, 3.05) is 4.90 Å². The molecule has 0 bridgehead atoms. The van der Waals surface area contributed by atoms with E-state index >= 15 is 0 Å². The molecule has 174 valence electrons. The predicted octanol–water partition coefficient (Wildman–Crippen LogP) is 6.28. The lowest BCUT2D eigenvalue weighted by Crippen LogP contribution is -2.41. The molecule has 0 unspecified atom stereocenters. The summed E-state index contributed by atoms with van der Waals surface area (Å²) in [5.41, 5.74) is 4.79. The lowest BCUT2D eigenvalue weighted by atomic mass is 9.79. The van der Waals surface area contributed by atoms with E-state index in [0.29, 0.717) is 5.57 Å². The van der Waals surface area contributed by atoms with Crippen molar-refractivity contribution in [3.05, 3.63) is 90.0 Å². The van der Waals surface area contributed by atoms with Crippen molar-refractivity contribution in [2.45, 2.75) is 45.8 Å². The van der Waals surface area contributed by atoms with Crippen LogP contribution >= 0.6 is 0 Å². The van der Waals surface area contributed by atoms with Gasteiger partial charge in [0.2, 0.25) is 0 Å². The highest BCUT2D eigenvalue weighted by Gasteiger charge is 2.51. The van der Waals surface area contributed by atoms with Crippen LogP contribution in [0.25, 0.3) is 5.57 Å². The number of nitrogens with zero attached hydrogens (tertiary/aromatic N) is 3. The fourth-order valence-electron chi connectivity index (χ4n) is 3.98. The van der Waals surface area contributed by atoms with Gasteiger partial charge in [0.25, 0.3) is 0 Å². The first-order valence-corrected chi connectivity index (χ1v) is 11.6. The largest absolute Gasteiger partial charge is 0.494 e. The minimum Gasteiger partial charge on any atom is -0.399 e. The maximum Gasteiger partial charge on any atom is 0.494 e. The molecular weight excluding hydrogens is 433 g/mol. The normalized spacial score (nSPS) is 15.7. The average Bonchev–Trinajstić information content (AvgIpc) is 3.08. The van der Waals surface area contributed by atoms with E-state index in [2.05, 4.69) is 56.9 Å². The van der Waals surface area contributed by atoms with Crippen LogP contribution in [0.4, 0.5) is 17.1 Å². The monoisotopic (exact) mass is 461 g/mol. The number of para-hydroxylation sites is 1. The highest BCUT2D eigenvalue weighted by atomic mass is 16.7. The molecule has 1 aliphatic heterocycles. The van der Waals surface area contributed by atoms with Gasteiger partial charge in [-0.05, 0) is 87.6 Å². The Bertz CT molecular complexity index is 1280. The standard InChI is InChI=1S/C29H28BN3O2/c1-21(23(19-31)20-32)22-11-15-26(16-12-22)33(25-9-7-6-8-10-25)27-17-13-24(14-18-27)30-34-28(2,3)29(4,5)35-30/h6-18H,1-5H3. The lowest BCUT2D eigenvalue weighted by Gasteiger charge is -2.32. The highest BCUT2D eigenvalue weighted by molar-refractivity contribution is 6.62. The number of benzene rings is 3. The van der Waals surface area contributed by atoms with Crippen molar-refractivity contribution in [2.24, 2.45) is 0 Å². The fourth-order valence-corrected chi connectivity index (χ4v) is 3.98. The van der Waals surface area contributed by atoms with Crippen molar-refractivity contribution >= 4 is 35.2 Å². The first-order chi connectivity index (χ1) is 16.7. The lowest BCUT2D eigenvalue weighted by molar-refractivity contribution is 0.00578. The maximum absolute atomic E-state index is 9.20. The quantitative estimate of drug-likeness (QED) is 0.331. The van der Waals surface area contributed by atoms with Gasteiger partial charge in [0, 0.05) is 17.1 Å². The summed E-state index contributed by atoms with van der Waals surface area (Å²) in [7, 11) is -0.414. The molecular formula is C29H28BN3O2. The molecule has 0 spiro atoms. The van der Waals surface area contributed by atoms with Crippen LogP contribution < -0.4 is 10.4 Å². The van der Waals surface area contributed by atoms with Crippen molar-refractivity contribution in [3.8, 4) is 12.1 Å². The van der Waals surface area contributed by atoms with E-state index < -0.39 is 18.3 Å². The van der Waals surface area contributed by atoms with Crippen molar-refractivity contribution < 1.29 is 9.31 Å². The molecule has 3 aromatic rings. The molecule has 3 aromatic carbocycles. The third kappa shape index (κ3) is 4.72. The summed E-state index contributed by atoms with van der Waals surface area (Å²) >= 11 is 0. The second-order valence-electron chi connectivity index (χ2n) is 9.62. The van der Waals surface area contributed by atoms with Gasteiger partial charge in [0.05, 0.1) is 11.2 Å². The maximum atomic E-state index is 9.20. The third-order valence-corrected chi connectivity index (χ3v) is 6.85. The number of hydrogen-bond acceptors (Lipinski definition) is 5. The summed E-state index contributed by atoms with van der Waals surface area (Å²) in [5, 5.41) is 18.4. The van der Waals surface area contributed by atoms with E-state index in [0.717, 1.165) is 28.1 Å². The van der Waals surface area contributed by atoms with Crippen molar-refractivity contribution in [1.29, 1.82) is 10.5 Å². The van der Waals surface area contributed by atoms with Crippen molar-refractivity contribution in [1.82, 2.24) is 0 Å². The van der Waals surface area contributed by atoms with Crippen LogP contribution in [0.2, 0.25) is 0 Å². The molecule has 5 nitrogen and oxygen atoms in total. The van der Waals surface area contributed by atoms with Crippen LogP contribution in [-0.2, 0) is 9.31 Å². The Morgan fingerprint density at radius 1 is 0.714 bits per heavy atom. The molecule has 0 saturated carbocycles. The number of allylic oxidation sites excluding steroid dienone is 2. The van der Waals surface area contributed by atoms with Gasteiger partial charge in [0.15, 0.2) is 0 Å². The van der Waals surface area contributed by atoms with Gasteiger partial charge in [0.1, 0.15) is 17.7 Å². The molecule has 0 aliphatic carbocycles. The van der Waals surface area contributed by atoms with Gasteiger partial charge in [-0.2, -0.15) is 10.5 Å². The minimum absolute atomic E-state index is 0.121. The molecule has 4 rings (SSSR count). The Kier molecular flexibility index (Phi) is 6.54. The van der Waals surface area contributed by atoms with Crippen LogP contribution in [0.5, 0.6) is 0 Å². The van der Waals surface area contributed by atoms with E-state index in [-0.39, 0.29) is 5.57 Å². The predicted molar refractivity (Wildman–Crippen MR) is 141 cm³/mol. The molecule has 0 N–H and O–H groups in total. The number of rotatable bonds is 5. The molecule has 0 amide bonds. The van der Waals surface area contributed by atoms with Gasteiger partial charge in [-0.25, -0.2) is 0 Å². The molecule has 35 heavy (non-hydrogen) atoms. The summed E-state index contributed by atoms with van der Waals surface area (Å²) < 4.78 is 12.4. The fraction of sp³-hybridized carbons (Fsp3) is 0.241. The van der Waals surface area contributed by atoms with E-state index in [1.54, 1.807) is 6.92 Å². The van der Waals surface area contributed by atoms with E-state index in [9.17, 15) is 10.5 Å². The van der Waals surface area contributed by atoms with Gasteiger partial charge in [-0.3, -0.25) is 0 Å². The average molecular weight is 461 g/mol. The van der Waals surface area contributed by atoms with E-state index in [1.807, 2.05) is 66.7 Å².